The molecule has 4 rings (SSSR count). The van der Waals surface area contributed by atoms with E-state index in [0.29, 0.717) is 5.56 Å². The van der Waals surface area contributed by atoms with E-state index in [1.165, 1.54) is 0 Å². The van der Waals surface area contributed by atoms with Gasteiger partial charge in [-0.3, -0.25) is 4.99 Å². The van der Waals surface area contributed by atoms with Crippen LogP contribution in [-0.4, -0.2) is 20.7 Å². The lowest BCUT2D eigenvalue weighted by Crippen LogP contribution is -1.84. The Morgan fingerprint density at radius 1 is 1.12 bits per heavy atom. The molecule has 4 nitrogen and oxygen atoms in total. The van der Waals surface area contributed by atoms with Crippen molar-refractivity contribution in [3.8, 4) is 17.0 Å². The number of rotatable bonds is 3. The number of aryl methyl sites for hydroxylation is 1. The molecule has 0 saturated carbocycles. The van der Waals surface area contributed by atoms with Crippen LogP contribution in [0.2, 0.25) is 0 Å². The Kier molecular flexibility index (Phi) is 4.31. The number of phenolic OH excluding ortho intramolecular Hbond substituents is 1. The third-order valence-corrected chi connectivity index (χ3v) is 4.66. The van der Waals surface area contributed by atoms with Gasteiger partial charge in [-0.15, -0.1) is 0 Å². The van der Waals surface area contributed by atoms with Crippen LogP contribution < -0.4 is 0 Å². The minimum atomic E-state index is 0.198. The van der Waals surface area contributed by atoms with Gasteiger partial charge in [-0.05, 0) is 48.9 Å². The van der Waals surface area contributed by atoms with E-state index in [4.69, 9.17) is 4.98 Å². The molecule has 0 aliphatic heterocycles. The van der Waals surface area contributed by atoms with Crippen LogP contribution in [0.3, 0.4) is 0 Å². The summed E-state index contributed by atoms with van der Waals surface area (Å²) < 4.78 is 2.92. The number of phenols is 1. The predicted octanol–water partition coefficient (Wildman–Crippen LogP) is 5.53. The lowest BCUT2D eigenvalue weighted by Gasteiger charge is -2.01. The number of aromatic nitrogens is 2. The summed E-state index contributed by atoms with van der Waals surface area (Å²) >= 11 is 3.40. The quantitative estimate of drug-likeness (QED) is 0.455. The fraction of sp³-hybridized carbons (Fsp3) is 0.0476. The van der Waals surface area contributed by atoms with Gasteiger partial charge in [-0.25, -0.2) is 4.98 Å². The number of hydrogen-bond donors (Lipinski definition) is 1. The van der Waals surface area contributed by atoms with Crippen molar-refractivity contribution in [2.75, 3.05) is 0 Å². The molecule has 0 unspecified atom stereocenters. The van der Waals surface area contributed by atoms with Gasteiger partial charge in [0.2, 0.25) is 0 Å². The standard InChI is InChI=1S/C21H16BrN3O/c1-14-4-3-9-25-13-19(24-21(14)25)15-5-2-6-18(11-15)23-12-16-10-17(22)7-8-20(16)26/h2-13,26H,1H3. The number of pyridine rings is 1. The van der Waals surface area contributed by atoms with Crippen molar-refractivity contribution in [2.24, 2.45) is 4.99 Å². The average molecular weight is 406 g/mol. The number of benzene rings is 2. The Bertz CT molecular complexity index is 1130. The highest BCUT2D eigenvalue weighted by atomic mass is 79.9. The van der Waals surface area contributed by atoms with E-state index in [0.717, 1.165) is 32.6 Å². The van der Waals surface area contributed by atoms with Gasteiger partial charge < -0.3 is 9.51 Å². The summed E-state index contributed by atoms with van der Waals surface area (Å²) in [7, 11) is 0. The molecule has 0 radical (unpaired) electrons. The Morgan fingerprint density at radius 3 is 2.85 bits per heavy atom. The van der Waals surface area contributed by atoms with Crippen LogP contribution in [-0.2, 0) is 0 Å². The first kappa shape index (κ1) is 16.5. The summed E-state index contributed by atoms with van der Waals surface area (Å²) in [5.41, 5.74) is 5.46. The predicted molar refractivity (Wildman–Crippen MR) is 108 cm³/mol. The zero-order chi connectivity index (χ0) is 18.1. The second-order valence-corrected chi connectivity index (χ2v) is 6.98. The van der Waals surface area contributed by atoms with Gasteiger partial charge >= 0.3 is 0 Å². The monoisotopic (exact) mass is 405 g/mol. The number of halogens is 1. The highest BCUT2D eigenvalue weighted by Gasteiger charge is 2.06. The van der Waals surface area contributed by atoms with Crippen molar-refractivity contribution in [3.05, 3.63) is 82.6 Å². The first-order valence-corrected chi connectivity index (χ1v) is 8.97. The van der Waals surface area contributed by atoms with Gasteiger partial charge in [0, 0.05) is 34.2 Å². The van der Waals surface area contributed by atoms with Crippen molar-refractivity contribution < 1.29 is 5.11 Å². The molecule has 2 aromatic carbocycles. The van der Waals surface area contributed by atoms with E-state index in [9.17, 15) is 5.11 Å². The fourth-order valence-corrected chi connectivity index (χ4v) is 3.19. The molecule has 2 aromatic heterocycles. The molecule has 0 aliphatic carbocycles. The molecular weight excluding hydrogens is 390 g/mol. The molecule has 0 fully saturated rings. The zero-order valence-electron chi connectivity index (χ0n) is 14.1. The number of fused-ring (bicyclic) bond motifs is 1. The molecule has 0 bridgehead atoms. The minimum Gasteiger partial charge on any atom is -0.507 e. The van der Waals surface area contributed by atoms with E-state index < -0.39 is 0 Å². The molecule has 4 aromatic rings. The summed E-state index contributed by atoms with van der Waals surface area (Å²) in [6.07, 6.45) is 5.68. The normalized spacial score (nSPS) is 11.5. The Hall–Kier alpha value is -2.92. The topological polar surface area (TPSA) is 49.9 Å². The maximum atomic E-state index is 9.93. The summed E-state index contributed by atoms with van der Waals surface area (Å²) in [5.74, 6) is 0.198. The number of aliphatic imine (C=N–C) groups is 1. The van der Waals surface area contributed by atoms with Crippen LogP contribution in [0.5, 0.6) is 5.75 Å². The molecule has 0 aliphatic rings. The number of nitrogens with zero attached hydrogens (tertiary/aromatic N) is 3. The summed E-state index contributed by atoms with van der Waals surface area (Å²) in [6.45, 7) is 2.05. The molecule has 128 valence electrons. The van der Waals surface area contributed by atoms with E-state index in [-0.39, 0.29) is 5.75 Å². The van der Waals surface area contributed by atoms with Gasteiger partial charge in [0.1, 0.15) is 11.4 Å². The van der Waals surface area contributed by atoms with Gasteiger partial charge in [0.15, 0.2) is 0 Å². The smallest absolute Gasteiger partial charge is 0.140 e. The average Bonchev–Trinajstić information content (AvgIpc) is 3.09. The van der Waals surface area contributed by atoms with Crippen LogP contribution in [0.4, 0.5) is 5.69 Å². The number of hydrogen-bond acceptors (Lipinski definition) is 3. The van der Waals surface area contributed by atoms with Gasteiger partial charge in [0.25, 0.3) is 0 Å². The van der Waals surface area contributed by atoms with Crippen LogP contribution in [0.15, 0.2) is 76.5 Å². The first-order chi connectivity index (χ1) is 12.6. The van der Waals surface area contributed by atoms with Crippen LogP contribution in [0.25, 0.3) is 16.9 Å². The molecule has 0 saturated heterocycles. The van der Waals surface area contributed by atoms with Crippen LogP contribution >= 0.6 is 15.9 Å². The first-order valence-electron chi connectivity index (χ1n) is 8.17. The maximum Gasteiger partial charge on any atom is 0.140 e. The summed E-state index contributed by atoms with van der Waals surface area (Å²) in [5, 5.41) is 9.93. The Balaban J connectivity index is 1.69. The zero-order valence-corrected chi connectivity index (χ0v) is 15.7. The largest absolute Gasteiger partial charge is 0.507 e. The van der Waals surface area contributed by atoms with Gasteiger partial charge in [-0.2, -0.15) is 0 Å². The van der Waals surface area contributed by atoms with E-state index in [1.54, 1.807) is 18.3 Å². The summed E-state index contributed by atoms with van der Waals surface area (Å²) in [4.78, 5) is 9.23. The molecule has 2 heterocycles. The fourth-order valence-electron chi connectivity index (χ4n) is 2.81. The SMILES string of the molecule is Cc1cccn2cc(-c3cccc(N=Cc4cc(Br)ccc4O)c3)nc12. The second kappa shape index (κ2) is 6.77. The maximum absolute atomic E-state index is 9.93. The van der Waals surface area contributed by atoms with Crippen LogP contribution in [0.1, 0.15) is 11.1 Å². The molecule has 0 amide bonds. The third-order valence-electron chi connectivity index (χ3n) is 4.16. The van der Waals surface area contributed by atoms with Crippen molar-refractivity contribution >= 4 is 33.5 Å². The second-order valence-electron chi connectivity index (χ2n) is 6.06. The molecule has 1 N–H and O–H groups in total. The third kappa shape index (κ3) is 3.26. The molecule has 0 spiro atoms. The van der Waals surface area contributed by atoms with E-state index in [1.807, 2.05) is 53.2 Å². The number of aromatic hydroxyl groups is 1. The highest BCUT2D eigenvalue weighted by molar-refractivity contribution is 9.10. The van der Waals surface area contributed by atoms with Crippen molar-refractivity contribution in [3.63, 3.8) is 0 Å². The van der Waals surface area contributed by atoms with Gasteiger partial charge in [0.05, 0.1) is 11.4 Å². The van der Waals surface area contributed by atoms with Crippen molar-refractivity contribution in [2.45, 2.75) is 6.92 Å². The lowest BCUT2D eigenvalue weighted by atomic mass is 10.1. The molecular formula is C21H16BrN3O. The lowest BCUT2D eigenvalue weighted by molar-refractivity contribution is 0.474. The van der Waals surface area contributed by atoms with E-state index in [2.05, 4.69) is 33.9 Å². The Morgan fingerprint density at radius 2 is 2.00 bits per heavy atom. The Labute approximate surface area is 159 Å². The van der Waals surface area contributed by atoms with Gasteiger partial charge in [-0.1, -0.05) is 34.1 Å². The highest BCUT2D eigenvalue weighted by Crippen LogP contribution is 2.26. The molecule has 26 heavy (non-hydrogen) atoms. The summed E-state index contributed by atoms with van der Waals surface area (Å²) in [6, 6.07) is 17.2. The van der Waals surface area contributed by atoms with Crippen LogP contribution in [0, 0.1) is 6.92 Å². The van der Waals surface area contributed by atoms with Crippen molar-refractivity contribution in [1.29, 1.82) is 0 Å². The van der Waals surface area contributed by atoms with Crippen molar-refractivity contribution in [1.82, 2.24) is 9.38 Å². The molecule has 5 heteroatoms. The number of imidazole rings is 1. The van der Waals surface area contributed by atoms with E-state index >= 15 is 0 Å². The molecule has 0 atom stereocenters. The minimum absolute atomic E-state index is 0.198.